The molecule has 0 spiro atoms. The number of carbonyl (C=O) groups excluding carboxylic acids is 3. The van der Waals surface area contributed by atoms with Crippen LogP contribution < -0.4 is 15.0 Å². The first-order valence-corrected chi connectivity index (χ1v) is 12.9. The Kier molecular flexibility index (Phi) is 8.37. The molecule has 8 heteroatoms. The number of rotatable bonds is 8. The number of nitrogens with zero attached hydrogens (tertiary/aromatic N) is 1. The molecule has 1 fully saturated rings. The SMILES string of the molecule is Cc1ccc(C(C)C)c(Oc2ccc(N3C[C@H](C(=O)OCC(=O)Nc4cccc(Cl)c4C)CC3=O)cc2)c1. The molecule has 198 valence electrons. The number of nitrogens with one attached hydrogen (secondary N) is 1. The fourth-order valence-electron chi connectivity index (χ4n) is 4.33. The smallest absolute Gasteiger partial charge is 0.311 e. The third-order valence-electron chi connectivity index (χ3n) is 6.51. The van der Waals surface area contributed by atoms with Gasteiger partial charge in [-0.1, -0.05) is 43.6 Å². The van der Waals surface area contributed by atoms with Gasteiger partial charge in [0.1, 0.15) is 11.5 Å². The van der Waals surface area contributed by atoms with Gasteiger partial charge in [0.05, 0.1) is 5.92 Å². The lowest BCUT2D eigenvalue weighted by molar-refractivity contribution is -0.151. The molecule has 1 heterocycles. The topological polar surface area (TPSA) is 84.9 Å². The number of amides is 2. The van der Waals surface area contributed by atoms with E-state index >= 15 is 0 Å². The van der Waals surface area contributed by atoms with E-state index in [-0.39, 0.29) is 18.9 Å². The molecule has 1 saturated heterocycles. The van der Waals surface area contributed by atoms with Crippen LogP contribution >= 0.6 is 11.6 Å². The van der Waals surface area contributed by atoms with Crippen LogP contribution in [0.25, 0.3) is 0 Å². The molecule has 0 saturated carbocycles. The number of carbonyl (C=O) groups is 3. The van der Waals surface area contributed by atoms with E-state index in [1.165, 1.54) is 0 Å². The highest BCUT2D eigenvalue weighted by Crippen LogP contribution is 2.33. The largest absolute Gasteiger partial charge is 0.457 e. The van der Waals surface area contributed by atoms with Gasteiger partial charge < -0.3 is 19.7 Å². The average Bonchev–Trinajstić information content (AvgIpc) is 3.27. The van der Waals surface area contributed by atoms with Crippen molar-refractivity contribution in [2.45, 2.75) is 40.0 Å². The molecule has 0 bridgehead atoms. The van der Waals surface area contributed by atoms with Crippen LogP contribution in [0, 0.1) is 19.8 Å². The zero-order valence-corrected chi connectivity index (χ0v) is 22.7. The van der Waals surface area contributed by atoms with Crippen molar-refractivity contribution in [3.8, 4) is 11.5 Å². The number of benzene rings is 3. The van der Waals surface area contributed by atoms with Gasteiger partial charge in [0.15, 0.2) is 6.61 Å². The number of halogens is 1. The minimum absolute atomic E-state index is 0.0210. The van der Waals surface area contributed by atoms with Crippen LogP contribution in [-0.4, -0.2) is 30.9 Å². The van der Waals surface area contributed by atoms with Gasteiger partial charge in [-0.05, 0) is 78.9 Å². The Hall–Kier alpha value is -3.84. The number of hydrogen-bond donors (Lipinski definition) is 1. The third-order valence-corrected chi connectivity index (χ3v) is 6.92. The van der Waals surface area contributed by atoms with Gasteiger partial charge in [-0.2, -0.15) is 0 Å². The molecule has 1 aliphatic rings. The Morgan fingerprint density at radius 2 is 1.82 bits per heavy atom. The summed E-state index contributed by atoms with van der Waals surface area (Å²) < 4.78 is 11.3. The van der Waals surface area contributed by atoms with Gasteiger partial charge in [-0.25, -0.2) is 0 Å². The summed E-state index contributed by atoms with van der Waals surface area (Å²) in [6.07, 6.45) is 0.0210. The van der Waals surface area contributed by atoms with Gasteiger partial charge in [0.25, 0.3) is 5.91 Å². The number of ether oxygens (including phenoxy) is 2. The molecule has 0 radical (unpaired) electrons. The molecule has 4 rings (SSSR count). The summed E-state index contributed by atoms with van der Waals surface area (Å²) in [7, 11) is 0. The first-order chi connectivity index (χ1) is 18.1. The maximum Gasteiger partial charge on any atom is 0.311 e. The molecular weight excluding hydrogens is 504 g/mol. The van der Waals surface area contributed by atoms with Crippen LogP contribution in [0.5, 0.6) is 11.5 Å². The van der Waals surface area contributed by atoms with Gasteiger partial charge >= 0.3 is 5.97 Å². The molecule has 0 aromatic heterocycles. The van der Waals surface area contributed by atoms with E-state index in [1.807, 2.05) is 25.1 Å². The standard InChI is InChI=1S/C30H31ClN2O5/c1-18(2)24-13-8-19(3)14-27(24)38-23-11-9-22(10-12-23)33-16-21(15-29(33)35)30(36)37-17-28(34)32-26-7-5-6-25(31)20(26)4/h5-14,18,21H,15-17H2,1-4H3,(H,32,34)/t21-/m1/s1. The number of hydrogen-bond acceptors (Lipinski definition) is 5. The van der Waals surface area contributed by atoms with Crippen LogP contribution in [0.1, 0.15) is 42.9 Å². The van der Waals surface area contributed by atoms with Crippen LogP contribution in [-0.2, 0) is 19.1 Å². The normalized spacial score (nSPS) is 15.1. The van der Waals surface area contributed by atoms with Crippen LogP contribution in [0.15, 0.2) is 60.7 Å². The molecule has 1 N–H and O–H groups in total. The maximum absolute atomic E-state index is 12.7. The number of aryl methyl sites for hydroxylation is 1. The van der Waals surface area contributed by atoms with Crippen LogP contribution in [0.3, 0.4) is 0 Å². The minimum Gasteiger partial charge on any atom is -0.457 e. The number of esters is 1. The monoisotopic (exact) mass is 534 g/mol. The highest BCUT2D eigenvalue weighted by molar-refractivity contribution is 6.31. The molecule has 0 aliphatic carbocycles. The van der Waals surface area contributed by atoms with Crippen molar-refractivity contribution in [2.75, 3.05) is 23.4 Å². The Labute approximate surface area is 227 Å². The van der Waals surface area contributed by atoms with E-state index in [0.717, 1.165) is 22.4 Å². The Balaban J connectivity index is 1.33. The summed E-state index contributed by atoms with van der Waals surface area (Å²) in [4.78, 5) is 39.1. The van der Waals surface area contributed by atoms with Crippen molar-refractivity contribution in [3.05, 3.63) is 82.4 Å². The van der Waals surface area contributed by atoms with Gasteiger partial charge in [-0.3, -0.25) is 14.4 Å². The zero-order valence-electron chi connectivity index (χ0n) is 21.9. The van der Waals surface area contributed by atoms with E-state index in [0.29, 0.717) is 28.1 Å². The second-order valence-electron chi connectivity index (χ2n) is 9.77. The molecule has 1 aliphatic heterocycles. The van der Waals surface area contributed by atoms with Gasteiger partial charge in [0, 0.05) is 29.4 Å². The molecule has 1 atom stereocenters. The van der Waals surface area contributed by atoms with Crippen molar-refractivity contribution >= 4 is 40.8 Å². The van der Waals surface area contributed by atoms with E-state index in [9.17, 15) is 14.4 Å². The molecule has 7 nitrogen and oxygen atoms in total. The average molecular weight is 535 g/mol. The number of anilines is 2. The first-order valence-electron chi connectivity index (χ1n) is 12.5. The lowest BCUT2D eigenvalue weighted by Crippen LogP contribution is -2.28. The Bertz CT molecular complexity index is 1350. The quantitative estimate of drug-likeness (QED) is 0.338. The van der Waals surface area contributed by atoms with Crippen LogP contribution in [0.4, 0.5) is 11.4 Å². The van der Waals surface area contributed by atoms with Crippen molar-refractivity contribution in [1.29, 1.82) is 0 Å². The van der Waals surface area contributed by atoms with Gasteiger partial charge in [-0.15, -0.1) is 0 Å². The van der Waals surface area contributed by atoms with Gasteiger partial charge in [0.2, 0.25) is 5.91 Å². The summed E-state index contributed by atoms with van der Waals surface area (Å²) in [5, 5.41) is 3.21. The first kappa shape index (κ1) is 27.2. The second kappa shape index (κ2) is 11.7. The van der Waals surface area contributed by atoms with Crippen LogP contribution in [0.2, 0.25) is 5.02 Å². The molecule has 0 unspecified atom stereocenters. The third kappa shape index (κ3) is 6.34. The van der Waals surface area contributed by atoms with Crippen molar-refractivity contribution in [2.24, 2.45) is 5.92 Å². The van der Waals surface area contributed by atoms with Crippen molar-refractivity contribution < 1.29 is 23.9 Å². The molecule has 2 amide bonds. The maximum atomic E-state index is 12.7. The summed E-state index contributed by atoms with van der Waals surface area (Å²) in [6, 6.07) is 18.5. The fourth-order valence-corrected chi connectivity index (χ4v) is 4.50. The predicted octanol–water partition coefficient (Wildman–Crippen LogP) is 6.41. The fraction of sp³-hybridized carbons (Fsp3) is 0.300. The predicted molar refractivity (Wildman–Crippen MR) is 148 cm³/mol. The summed E-state index contributed by atoms with van der Waals surface area (Å²) in [6.45, 7) is 7.78. The minimum atomic E-state index is -0.653. The zero-order chi connectivity index (χ0) is 27.4. The second-order valence-corrected chi connectivity index (χ2v) is 10.2. The van der Waals surface area contributed by atoms with E-state index in [2.05, 4.69) is 31.3 Å². The van der Waals surface area contributed by atoms with E-state index in [4.69, 9.17) is 21.1 Å². The molecule has 3 aromatic carbocycles. The van der Waals surface area contributed by atoms with E-state index < -0.39 is 24.4 Å². The molecular formula is C30H31ClN2O5. The Morgan fingerprint density at radius 3 is 2.53 bits per heavy atom. The summed E-state index contributed by atoms with van der Waals surface area (Å²) in [5.41, 5.74) is 4.17. The lowest BCUT2D eigenvalue weighted by Gasteiger charge is -2.18. The highest BCUT2D eigenvalue weighted by atomic mass is 35.5. The Morgan fingerprint density at radius 1 is 1.08 bits per heavy atom. The van der Waals surface area contributed by atoms with Crippen molar-refractivity contribution in [3.63, 3.8) is 0 Å². The molecule has 38 heavy (non-hydrogen) atoms. The summed E-state index contributed by atoms with van der Waals surface area (Å²) in [5.74, 6) is -0.113. The molecule has 3 aromatic rings. The summed E-state index contributed by atoms with van der Waals surface area (Å²) >= 11 is 6.08. The lowest BCUT2D eigenvalue weighted by atomic mass is 10.0. The van der Waals surface area contributed by atoms with E-state index in [1.54, 1.807) is 42.2 Å². The highest BCUT2D eigenvalue weighted by Gasteiger charge is 2.36. The van der Waals surface area contributed by atoms with Crippen molar-refractivity contribution in [1.82, 2.24) is 0 Å².